The Morgan fingerprint density at radius 1 is 1.22 bits per heavy atom. The molecule has 1 aliphatic heterocycles. The first-order chi connectivity index (χ1) is 12.9. The molecule has 0 fully saturated rings. The molecule has 0 aliphatic carbocycles. The summed E-state index contributed by atoms with van der Waals surface area (Å²) in [6, 6.07) is 10.6. The Hall–Kier alpha value is -2.90. The quantitative estimate of drug-likeness (QED) is 0.419. The lowest BCUT2D eigenvalue weighted by Gasteiger charge is -2.10. The highest BCUT2D eigenvalue weighted by Gasteiger charge is 2.33. The molecule has 0 bridgehead atoms. The zero-order valence-electron chi connectivity index (χ0n) is 14.1. The molecule has 1 amide bonds. The number of nitro groups is 1. The van der Waals surface area contributed by atoms with Gasteiger partial charge in [-0.2, -0.15) is 5.01 Å². The van der Waals surface area contributed by atoms with Crippen molar-refractivity contribution in [3.05, 3.63) is 73.8 Å². The molecule has 1 aliphatic rings. The summed E-state index contributed by atoms with van der Waals surface area (Å²) in [7, 11) is 0. The maximum absolute atomic E-state index is 12.9. The van der Waals surface area contributed by atoms with E-state index in [4.69, 9.17) is 27.9 Å². The van der Waals surface area contributed by atoms with Crippen LogP contribution in [0.3, 0.4) is 0 Å². The van der Waals surface area contributed by atoms with Crippen molar-refractivity contribution in [1.29, 1.82) is 0 Å². The van der Waals surface area contributed by atoms with E-state index in [9.17, 15) is 14.9 Å². The molecular formula is C18H13Cl2N3O4. The standard InChI is InChI=1S/C18H13Cl2N3O4/c1-2-27-17-14(10-11-4-3-5-15(19)16(11)20)18(24)22(21-17)12-6-8-13(9-7-12)23(25)26/h3-10H,2H2,1H3. The number of hydrogen-bond donors (Lipinski definition) is 0. The van der Waals surface area contributed by atoms with Gasteiger partial charge >= 0.3 is 0 Å². The van der Waals surface area contributed by atoms with Gasteiger partial charge in [0.1, 0.15) is 5.57 Å². The first-order valence-corrected chi connectivity index (χ1v) is 8.64. The van der Waals surface area contributed by atoms with E-state index in [1.807, 2.05) is 0 Å². The number of amides is 1. The molecule has 0 unspecified atom stereocenters. The number of hydrazone groups is 1. The summed E-state index contributed by atoms with van der Waals surface area (Å²) >= 11 is 12.2. The summed E-state index contributed by atoms with van der Waals surface area (Å²) in [6.45, 7) is 2.08. The lowest BCUT2D eigenvalue weighted by atomic mass is 10.1. The number of non-ortho nitro benzene ring substituents is 1. The Morgan fingerprint density at radius 3 is 2.56 bits per heavy atom. The summed E-state index contributed by atoms with van der Waals surface area (Å²) in [4.78, 5) is 23.1. The van der Waals surface area contributed by atoms with E-state index in [1.165, 1.54) is 24.3 Å². The molecule has 0 saturated heterocycles. The molecule has 3 rings (SSSR count). The van der Waals surface area contributed by atoms with Crippen molar-refractivity contribution in [1.82, 2.24) is 0 Å². The van der Waals surface area contributed by atoms with Gasteiger partial charge in [0, 0.05) is 12.1 Å². The van der Waals surface area contributed by atoms with Gasteiger partial charge < -0.3 is 4.74 Å². The number of nitro benzene ring substituents is 1. The average Bonchev–Trinajstić information content (AvgIpc) is 2.95. The van der Waals surface area contributed by atoms with Gasteiger partial charge in [-0.15, -0.1) is 5.10 Å². The van der Waals surface area contributed by atoms with Crippen molar-refractivity contribution in [2.24, 2.45) is 5.10 Å². The van der Waals surface area contributed by atoms with E-state index in [0.29, 0.717) is 27.9 Å². The molecule has 0 aromatic heterocycles. The number of rotatable bonds is 4. The smallest absolute Gasteiger partial charge is 0.284 e. The third kappa shape index (κ3) is 3.79. The largest absolute Gasteiger partial charge is 0.476 e. The Bertz CT molecular complexity index is 971. The molecule has 0 spiro atoms. The predicted molar refractivity (Wildman–Crippen MR) is 104 cm³/mol. The second-order valence-electron chi connectivity index (χ2n) is 5.43. The van der Waals surface area contributed by atoms with E-state index < -0.39 is 10.8 Å². The predicted octanol–water partition coefficient (Wildman–Crippen LogP) is 4.68. The monoisotopic (exact) mass is 405 g/mol. The topological polar surface area (TPSA) is 85.0 Å². The molecule has 7 nitrogen and oxygen atoms in total. The Balaban J connectivity index is 2.00. The SMILES string of the molecule is CCOC1=NN(c2ccc([N+](=O)[O-])cc2)C(=O)C1=Cc1cccc(Cl)c1Cl. The highest BCUT2D eigenvalue weighted by molar-refractivity contribution is 6.43. The maximum Gasteiger partial charge on any atom is 0.284 e. The van der Waals surface area contributed by atoms with Gasteiger partial charge in [-0.1, -0.05) is 35.3 Å². The molecule has 2 aromatic rings. The Kier molecular flexibility index (Phi) is 5.43. The Morgan fingerprint density at radius 2 is 1.93 bits per heavy atom. The second-order valence-corrected chi connectivity index (χ2v) is 6.21. The first kappa shape index (κ1) is 18.9. The lowest BCUT2D eigenvalue weighted by Crippen LogP contribution is -2.21. The van der Waals surface area contributed by atoms with E-state index in [1.54, 1.807) is 31.2 Å². The zero-order valence-corrected chi connectivity index (χ0v) is 15.6. The highest BCUT2D eigenvalue weighted by atomic mass is 35.5. The van der Waals surface area contributed by atoms with Crippen molar-refractivity contribution in [3.8, 4) is 0 Å². The van der Waals surface area contributed by atoms with Crippen molar-refractivity contribution in [2.45, 2.75) is 6.92 Å². The molecule has 0 saturated carbocycles. The van der Waals surface area contributed by atoms with Crippen LogP contribution in [0.5, 0.6) is 0 Å². The van der Waals surface area contributed by atoms with Crippen molar-refractivity contribution in [2.75, 3.05) is 11.6 Å². The number of carbonyl (C=O) groups is 1. The fourth-order valence-electron chi connectivity index (χ4n) is 2.44. The summed E-state index contributed by atoms with van der Waals surface area (Å²) in [5.74, 6) is -0.305. The third-order valence-corrected chi connectivity index (χ3v) is 4.54. The number of hydrogen-bond acceptors (Lipinski definition) is 5. The number of benzene rings is 2. The van der Waals surface area contributed by atoms with Crippen LogP contribution < -0.4 is 5.01 Å². The van der Waals surface area contributed by atoms with Gasteiger partial charge in [-0.05, 0) is 36.8 Å². The van der Waals surface area contributed by atoms with E-state index in [0.717, 1.165) is 5.01 Å². The summed E-state index contributed by atoms with van der Waals surface area (Å²) in [5.41, 5.74) is 1.05. The van der Waals surface area contributed by atoms with Crippen LogP contribution in [0.2, 0.25) is 10.0 Å². The minimum atomic E-state index is -0.517. The summed E-state index contributed by atoms with van der Waals surface area (Å²) in [6.07, 6.45) is 1.55. The van der Waals surface area contributed by atoms with Crippen LogP contribution >= 0.6 is 23.2 Å². The number of carbonyl (C=O) groups excluding carboxylic acids is 1. The van der Waals surface area contributed by atoms with Crippen molar-refractivity contribution < 1.29 is 14.5 Å². The Labute approximate surface area is 164 Å². The lowest BCUT2D eigenvalue weighted by molar-refractivity contribution is -0.384. The average molecular weight is 406 g/mol. The van der Waals surface area contributed by atoms with Crippen LogP contribution in [-0.2, 0) is 9.53 Å². The number of nitrogens with zero attached hydrogens (tertiary/aromatic N) is 3. The third-order valence-electron chi connectivity index (χ3n) is 3.71. The fourth-order valence-corrected chi connectivity index (χ4v) is 2.80. The van der Waals surface area contributed by atoms with Gasteiger partial charge in [0.05, 0.1) is 27.3 Å². The number of ether oxygens (including phenoxy) is 1. The van der Waals surface area contributed by atoms with Gasteiger partial charge in [-0.25, -0.2) is 0 Å². The van der Waals surface area contributed by atoms with Crippen LogP contribution in [0.1, 0.15) is 12.5 Å². The van der Waals surface area contributed by atoms with Crippen molar-refractivity contribution >= 4 is 52.5 Å². The van der Waals surface area contributed by atoms with E-state index >= 15 is 0 Å². The van der Waals surface area contributed by atoms with Crippen LogP contribution in [-0.4, -0.2) is 23.3 Å². The molecular weight excluding hydrogens is 393 g/mol. The number of halogens is 2. The molecule has 138 valence electrons. The van der Waals surface area contributed by atoms with Gasteiger partial charge in [-0.3, -0.25) is 14.9 Å². The molecule has 27 heavy (non-hydrogen) atoms. The molecule has 0 N–H and O–H groups in total. The van der Waals surface area contributed by atoms with Crippen molar-refractivity contribution in [3.63, 3.8) is 0 Å². The minimum absolute atomic E-state index is 0.0825. The molecule has 2 aromatic carbocycles. The van der Waals surface area contributed by atoms with Crippen LogP contribution in [0.15, 0.2) is 53.1 Å². The normalized spacial score (nSPS) is 15.2. The van der Waals surface area contributed by atoms with Crippen LogP contribution in [0, 0.1) is 10.1 Å². The fraction of sp³-hybridized carbons (Fsp3) is 0.111. The molecule has 0 radical (unpaired) electrons. The van der Waals surface area contributed by atoms with Gasteiger partial charge in [0.2, 0.25) is 5.90 Å². The molecule has 1 heterocycles. The maximum atomic E-state index is 12.9. The van der Waals surface area contributed by atoms with Gasteiger partial charge in [0.15, 0.2) is 0 Å². The van der Waals surface area contributed by atoms with Crippen LogP contribution in [0.25, 0.3) is 6.08 Å². The van der Waals surface area contributed by atoms with Gasteiger partial charge in [0.25, 0.3) is 11.6 Å². The molecule has 9 heteroatoms. The second kappa shape index (κ2) is 7.77. The highest BCUT2D eigenvalue weighted by Crippen LogP contribution is 2.31. The van der Waals surface area contributed by atoms with Crippen LogP contribution in [0.4, 0.5) is 11.4 Å². The summed E-state index contributed by atoms with van der Waals surface area (Å²) in [5, 5.41) is 16.8. The zero-order chi connectivity index (χ0) is 19.6. The first-order valence-electron chi connectivity index (χ1n) is 7.88. The van der Waals surface area contributed by atoms with E-state index in [2.05, 4.69) is 5.10 Å². The number of anilines is 1. The molecule has 0 atom stereocenters. The minimum Gasteiger partial charge on any atom is -0.476 e. The van der Waals surface area contributed by atoms with E-state index in [-0.39, 0.29) is 17.2 Å². The summed E-state index contributed by atoms with van der Waals surface area (Å²) < 4.78 is 5.48.